The molecule has 8 heavy (non-hydrogen) atoms. The van der Waals surface area contributed by atoms with Crippen LogP contribution in [0.1, 0.15) is 14.4 Å². The molecule has 1 heterocycles. The molecule has 1 heteroatoms. The molecule has 0 aromatic carbocycles. The van der Waals surface area contributed by atoms with Gasteiger partial charge in [0.05, 0.1) is 33.1 Å². The Morgan fingerprint density at radius 3 is 1.62 bits per heavy atom. The van der Waals surface area contributed by atoms with Crippen molar-refractivity contribution < 1.29 is 4.48 Å². The Bertz CT molecular complexity index is 68.5. The van der Waals surface area contributed by atoms with Crippen LogP contribution in [0.15, 0.2) is 0 Å². The minimum atomic E-state index is 0. The molecule has 0 bridgehead atoms. The monoisotopic (exact) mass is 116 g/mol. The Morgan fingerprint density at radius 2 is 1.62 bits per heavy atom. The molecule has 0 N–H and O–H groups in total. The van der Waals surface area contributed by atoms with Gasteiger partial charge in [-0.15, -0.1) is 0 Å². The van der Waals surface area contributed by atoms with Gasteiger partial charge in [-0.2, -0.15) is 0 Å². The number of rotatable bonds is 0. The number of quaternary nitrogens is 1. The highest BCUT2D eigenvalue weighted by Crippen LogP contribution is 2.18. The average Bonchev–Trinajstić information content (AvgIpc) is 1.27. The lowest BCUT2D eigenvalue weighted by molar-refractivity contribution is -0.938. The molecule has 0 amide bonds. The second kappa shape index (κ2) is 2.06. The van der Waals surface area contributed by atoms with Gasteiger partial charge in [0.25, 0.3) is 0 Å². The zero-order valence-electron chi connectivity index (χ0n) is 5.44. The summed E-state index contributed by atoms with van der Waals surface area (Å²) in [4.78, 5) is 0. The molecule has 1 aliphatic heterocycles. The predicted octanol–water partition coefficient (Wildman–Crippen LogP) is 1.35. The lowest BCUT2D eigenvalue weighted by Gasteiger charge is -2.42. The van der Waals surface area contributed by atoms with Crippen LogP contribution in [-0.4, -0.2) is 31.7 Å². The van der Waals surface area contributed by atoms with Gasteiger partial charge in [0.15, 0.2) is 0 Å². The van der Waals surface area contributed by atoms with Gasteiger partial charge in [0.2, 0.25) is 0 Å². The fourth-order valence-corrected chi connectivity index (χ4v) is 1.63. The molecule has 1 nitrogen and oxygen atoms in total. The standard InChI is InChI=1S/C6H14N.CH4/c1-6-4-7(2,3)5-6;/h6H,4-5H2,1-3H3;1H4/q+1;. The van der Waals surface area contributed by atoms with Gasteiger partial charge in [-0.05, 0) is 0 Å². The Morgan fingerprint density at radius 1 is 1.25 bits per heavy atom. The first-order chi connectivity index (χ1) is 3.10. The molecule has 0 spiro atoms. The van der Waals surface area contributed by atoms with Crippen LogP contribution in [-0.2, 0) is 0 Å². The number of hydrogen-bond donors (Lipinski definition) is 0. The van der Waals surface area contributed by atoms with Gasteiger partial charge in [-0.1, -0.05) is 14.4 Å². The van der Waals surface area contributed by atoms with Gasteiger partial charge < -0.3 is 4.48 Å². The third-order valence-electron chi connectivity index (χ3n) is 1.61. The van der Waals surface area contributed by atoms with Crippen molar-refractivity contribution in [1.82, 2.24) is 0 Å². The maximum atomic E-state index is 2.31. The Balaban J connectivity index is 0.000000490. The summed E-state index contributed by atoms with van der Waals surface area (Å²) in [6.07, 6.45) is 0. The van der Waals surface area contributed by atoms with Gasteiger partial charge in [0.1, 0.15) is 0 Å². The van der Waals surface area contributed by atoms with E-state index < -0.39 is 0 Å². The fourth-order valence-electron chi connectivity index (χ4n) is 1.63. The molecule has 1 saturated heterocycles. The normalized spacial score (nSPS) is 25.9. The van der Waals surface area contributed by atoms with Crippen molar-refractivity contribution in [3.63, 3.8) is 0 Å². The summed E-state index contributed by atoms with van der Waals surface area (Å²) in [5.74, 6) is 0.981. The van der Waals surface area contributed by atoms with Crippen molar-refractivity contribution in [2.45, 2.75) is 14.4 Å². The van der Waals surface area contributed by atoms with Crippen LogP contribution < -0.4 is 0 Å². The Labute approximate surface area is 52.9 Å². The van der Waals surface area contributed by atoms with E-state index in [1.165, 1.54) is 17.6 Å². The van der Waals surface area contributed by atoms with Gasteiger partial charge in [0, 0.05) is 0 Å². The first kappa shape index (κ1) is 7.96. The number of likely N-dealkylation sites (tertiary alicyclic amines) is 1. The molecule has 0 aromatic rings. The highest BCUT2D eigenvalue weighted by molar-refractivity contribution is 4.58. The van der Waals surface area contributed by atoms with Crippen LogP contribution in [0.3, 0.4) is 0 Å². The van der Waals surface area contributed by atoms with Gasteiger partial charge >= 0.3 is 0 Å². The lowest BCUT2D eigenvalue weighted by Crippen LogP contribution is -2.56. The summed E-state index contributed by atoms with van der Waals surface area (Å²) in [5.41, 5.74) is 0. The summed E-state index contributed by atoms with van der Waals surface area (Å²) in [5, 5.41) is 0. The topological polar surface area (TPSA) is 0 Å². The maximum Gasteiger partial charge on any atom is 0.0863 e. The van der Waals surface area contributed by atoms with E-state index in [2.05, 4.69) is 21.0 Å². The molecular formula is C7H18N+. The minimum Gasteiger partial charge on any atom is -0.328 e. The Kier molecular flexibility index (Phi) is 2.05. The van der Waals surface area contributed by atoms with Crippen LogP contribution >= 0.6 is 0 Å². The molecule has 1 aliphatic rings. The smallest absolute Gasteiger partial charge is 0.0863 e. The zero-order valence-corrected chi connectivity index (χ0v) is 5.44. The molecule has 1 rings (SSSR count). The lowest BCUT2D eigenvalue weighted by atomic mass is 10.0. The summed E-state index contributed by atoms with van der Waals surface area (Å²) < 4.78 is 1.24. The molecule has 1 fully saturated rings. The van der Waals surface area contributed by atoms with E-state index in [1.54, 1.807) is 0 Å². The molecular weight excluding hydrogens is 98.1 g/mol. The average molecular weight is 116 g/mol. The zero-order chi connectivity index (χ0) is 5.49. The molecule has 0 radical (unpaired) electrons. The maximum absolute atomic E-state index is 2.31. The van der Waals surface area contributed by atoms with Crippen molar-refractivity contribution in [1.29, 1.82) is 0 Å². The number of nitrogens with zero attached hydrogens (tertiary/aromatic N) is 1. The molecule has 0 aliphatic carbocycles. The third kappa shape index (κ3) is 1.48. The van der Waals surface area contributed by atoms with Crippen molar-refractivity contribution in [3.8, 4) is 0 Å². The largest absolute Gasteiger partial charge is 0.328 e. The van der Waals surface area contributed by atoms with Crippen LogP contribution in [0.4, 0.5) is 0 Å². The van der Waals surface area contributed by atoms with E-state index in [0.717, 1.165) is 5.92 Å². The minimum absolute atomic E-state index is 0. The van der Waals surface area contributed by atoms with E-state index >= 15 is 0 Å². The van der Waals surface area contributed by atoms with E-state index in [4.69, 9.17) is 0 Å². The van der Waals surface area contributed by atoms with Crippen LogP contribution in [0, 0.1) is 5.92 Å². The Hall–Kier alpha value is -0.0400. The van der Waals surface area contributed by atoms with Crippen LogP contribution in [0.25, 0.3) is 0 Å². The van der Waals surface area contributed by atoms with Crippen molar-refractivity contribution in [2.24, 2.45) is 5.92 Å². The van der Waals surface area contributed by atoms with Gasteiger partial charge in [-0.25, -0.2) is 0 Å². The van der Waals surface area contributed by atoms with E-state index in [0.29, 0.717) is 0 Å². The first-order valence-electron chi connectivity index (χ1n) is 2.92. The highest BCUT2D eigenvalue weighted by atomic mass is 15.4. The highest BCUT2D eigenvalue weighted by Gasteiger charge is 2.32. The summed E-state index contributed by atoms with van der Waals surface area (Å²) in [6, 6.07) is 0. The molecule has 50 valence electrons. The van der Waals surface area contributed by atoms with E-state index in [9.17, 15) is 0 Å². The SMILES string of the molecule is C.CC1C[N+](C)(C)C1. The van der Waals surface area contributed by atoms with Crippen molar-refractivity contribution in [3.05, 3.63) is 0 Å². The first-order valence-corrected chi connectivity index (χ1v) is 2.92. The molecule has 0 unspecified atom stereocenters. The van der Waals surface area contributed by atoms with Crippen molar-refractivity contribution in [2.75, 3.05) is 27.2 Å². The summed E-state index contributed by atoms with van der Waals surface area (Å²) in [7, 11) is 4.56. The molecule has 0 aromatic heterocycles. The third-order valence-corrected chi connectivity index (χ3v) is 1.61. The predicted molar refractivity (Wildman–Crippen MR) is 37.7 cm³/mol. The summed E-state index contributed by atoms with van der Waals surface area (Å²) in [6.45, 7) is 5.06. The second-order valence-corrected chi connectivity index (χ2v) is 3.41. The van der Waals surface area contributed by atoms with Crippen molar-refractivity contribution >= 4 is 0 Å². The summed E-state index contributed by atoms with van der Waals surface area (Å²) >= 11 is 0. The second-order valence-electron chi connectivity index (χ2n) is 3.41. The molecule has 0 atom stereocenters. The van der Waals surface area contributed by atoms with Crippen LogP contribution in [0.2, 0.25) is 0 Å². The quantitative estimate of drug-likeness (QED) is 0.419. The van der Waals surface area contributed by atoms with Crippen LogP contribution in [0.5, 0.6) is 0 Å². The number of hydrogen-bond acceptors (Lipinski definition) is 0. The fraction of sp³-hybridized carbons (Fsp3) is 1.00. The van der Waals surface area contributed by atoms with E-state index in [-0.39, 0.29) is 7.43 Å². The van der Waals surface area contributed by atoms with E-state index in [1.807, 2.05) is 0 Å². The molecule has 0 saturated carbocycles. The van der Waals surface area contributed by atoms with Gasteiger partial charge in [-0.3, -0.25) is 0 Å².